The fraction of sp³-hybridized carbons (Fsp3) is 0.857. The van der Waals surface area contributed by atoms with Crippen LogP contribution in [-0.4, -0.2) is 57.3 Å². The molecule has 0 radical (unpaired) electrons. The van der Waals surface area contributed by atoms with Crippen molar-refractivity contribution in [3.05, 3.63) is 11.9 Å². The van der Waals surface area contributed by atoms with Gasteiger partial charge in [0.1, 0.15) is 0 Å². The Bertz CT molecular complexity index is 387. The normalized spacial score (nSPS) is 18.0. The Hall–Kier alpha value is -0.980. The molecule has 114 valence electrons. The standard InChI is InChI=1S/C14H27N5O/c1-12(2)14(18-5-3-4-6-18)10-15-9-13-11-19(7-8-20)17-16-13/h11-12,14-15,20H,3-10H2,1-2H3. The summed E-state index contributed by atoms with van der Waals surface area (Å²) < 4.78 is 1.68. The fourth-order valence-electron chi connectivity index (χ4n) is 2.84. The number of likely N-dealkylation sites (tertiary alicyclic amines) is 1. The number of aliphatic hydroxyl groups is 1. The molecular weight excluding hydrogens is 254 g/mol. The summed E-state index contributed by atoms with van der Waals surface area (Å²) in [5.74, 6) is 0.658. The van der Waals surface area contributed by atoms with Crippen LogP contribution in [0.4, 0.5) is 0 Å². The van der Waals surface area contributed by atoms with E-state index in [2.05, 4.69) is 34.4 Å². The number of hydrogen-bond acceptors (Lipinski definition) is 5. The summed E-state index contributed by atoms with van der Waals surface area (Å²) >= 11 is 0. The van der Waals surface area contributed by atoms with Gasteiger partial charge in [0.15, 0.2) is 0 Å². The van der Waals surface area contributed by atoms with Gasteiger partial charge in [0.05, 0.1) is 18.8 Å². The molecule has 1 unspecified atom stereocenters. The van der Waals surface area contributed by atoms with Crippen LogP contribution in [0.25, 0.3) is 0 Å². The van der Waals surface area contributed by atoms with E-state index in [9.17, 15) is 0 Å². The van der Waals surface area contributed by atoms with Gasteiger partial charge in [-0.1, -0.05) is 19.1 Å². The molecule has 2 N–H and O–H groups in total. The van der Waals surface area contributed by atoms with Crippen LogP contribution in [-0.2, 0) is 13.1 Å². The van der Waals surface area contributed by atoms with Gasteiger partial charge in [-0.3, -0.25) is 4.90 Å². The molecule has 1 saturated heterocycles. The van der Waals surface area contributed by atoms with Crippen molar-refractivity contribution < 1.29 is 5.11 Å². The van der Waals surface area contributed by atoms with Crippen LogP contribution in [0.1, 0.15) is 32.4 Å². The molecule has 2 heterocycles. The average molecular weight is 281 g/mol. The highest BCUT2D eigenvalue weighted by atomic mass is 16.3. The lowest BCUT2D eigenvalue weighted by atomic mass is 10.0. The van der Waals surface area contributed by atoms with E-state index in [4.69, 9.17) is 5.11 Å². The van der Waals surface area contributed by atoms with Crippen molar-refractivity contribution in [2.24, 2.45) is 5.92 Å². The van der Waals surface area contributed by atoms with E-state index in [-0.39, 0.29) is 6.61 Å². The van der Waals surface area contributed by atoms with Gasteiger partial charge in [-0.2, -0.15) is 0 Å². The van der Waals surface area contributed by atoms with Gasteiger partial charge in [0.25, 0.3) is 0 Å². The summed E-state index contributed by atoms with van der Waals surface area (Å²) in [6, 6.07) is 0.602. The second-order valence-electron chi connectivity index (χ2n) is 5.88. The third-order valence-corrected chi connectivity index (χ3v) is 3.95. The van der Waals surface area contributed by atoms with Crippen LogP contribution in [0.3, 0.4) is 0 Å². The van der Waals surface area contributed by atoms with Crippen molar-refractivity contribution in [1.29, 1.82) is 0 Å². The number of aliphatic hydroxyl groups excluding tert-OH is 1. The van der Waals surface area contributed by atoms with Crippen molar-refractivity contribution >= 4 is 0 Å². The summed E-state index contributed by atoms with van der Waals surface area (Å²) in [7, 11) is 0. The highest BCUT2D eigenvalue weighted by molar-refractivity contribution is 4.92. The predicted molar refractivity (Wildman–Crippen MR) is 78.2 cm³/mol. The van der Waals surface area contributed by atoms with Crippen LogP contribution in [0.15, 0.2) is 6.20 Å². The van der Waals surface area contributed by atoms with E-state index in [1.54, 1.807) is 4.68 Å². The molecule has 0 amide bonds. The smallest absolute Gasteiger partial charge is 0.0964 e. The molecule has 20 heavy (non-hydrogen) atoms. The lowest BCUT2D eigenvalue weighted by molar-refractivity contribution is 0.186. The van der Waals surface area contributed by atoms with Gasteiger partial charge < -0.3 is 10.4 Å². The minimum absolute atomic E-state index is 0.0978. The third-order valence-electron chi connectivity index (χ3n) is 3.95. The first-order valence-corrected chi connectivity index (χ1v) is 7.65. The molecule has 0 bridgehead atoms. The summed E-state index contributed by atoms with van der Waals surface area (Å²) in [6.07, 6.45) is 4.56. The van der Waals surface area contributed by atoms with Crippen molar-refractivity contribution in [2.45, 2.75) is 45.8 Å². The van der Waals surface area contributed by atoms with E-state index in [0.717, 1.165) is 18.8 Å². The molecule has 0 spiro atoms. The van der Waals surface area contributed by atoms with Crippen molar-refractivity contribution in [1.82, 2.24) is 25.2 Å². The van der Waals surface area contributed by atoms with Gasteiger partial charge in [0, 0.05) is 25.3 Å². The Morgan fingerprint density at radius 2 is 2.10 bits per heavy atom. The predicted octanol–water partition coefficient (Wildman–Crippen LogP) is 0.480. The van der Waals surface area contributed by atoms with Crippen molar-refractivity contribution in [2.75, 3.05) is 26.2 Å². The Morgan fingerprint density at radius 1 is 1.35 bits per heavy atom. The third kappa shape index (κ3) is 4.26. The van der Waals surface area contributed by atoms with Crippen molar-refractivity contribution in [3.8, 4) is 0 Å². The van der Waals surface area contributed by atoms with Gasteiger partial charge in [-0.15, -0.1) is 5.10 Å². The van der Waals surface area contributed by atoms with E-state index >= 15 is 0 Å². The Labute approximate surface area is 121 Å². The molecule has 1 fully saturated rings. The van der Waals surface area contributed by atoms with Crippen LogP contribution in [0.2, 0.25) is 0 Å². The molecule has 6 nitrogen and oxygen atoms in total. The molecule has 6 heteroatoms. The maximum absolute atomic E-state index is 8.85. The zero-order valence-corrected chi connectivity index (χ0v) is 12.6. The largest absolute Gasteiger partial charge is 0.394 e. The fourth-order valence-corrected chi connectivity index (χ4v) is 2.84. The molecule has 1 aliphatic heterocycles. The molecule has 1 aliphatic rings. The Morgan fingerprint density at radius 3 is 2.75 bits per heavy atom. The highest BCUT2D eigenvalue weighted by Gasteiger charge is 2.24. The van der Waals surface area contributed by atoms with E-state index in [1.165, 1.54) is 25.9 Å². The van der Waals surface area contributed by atoms with Gasteiger partial charge in [0.2, 0.25) is 0 Å². The summed E-state index contributed by atoms with van der Waals surface area (Å²) in [6.45, 7) is 9.39. The van der Waals surface area contributed by atoms with Gasteiger partial charge in [-0.05, 0) is 31.8 Å². The van der Waals surface area contributed by atoms with Gasteiger partial charge in [-0.25, -0.2) is 4.68 Å². The maximum Gasteiger partial charge on any atom is 0.0964 e. The Balaban J connectivity index is 1.77. The maximum atomic E-state index is 8.85. The number of aromatic nitrogens is 3. The van der Waals surface area contributed by atoms with Crippen LogP contribution >= 0.6 is 0 Å². The summed E-state index contributed by atoms with van der Waals surface area (Å²) in [5.41, 5.74) is 0.933. The Kier molecular flexibility index (Phi) is 5.94. The first-order valence-electron chi connectivity index (χ1n) is 7.65. The molecule has 0 aromatic carbocycles. The number of rotatable bonds is 8. The number of nitrogens with one attached hydrogen (secondary N) is 1. The second-order valence-corrected chi connectivity index (χ2v) is 5.88. The minimum atomic E-state index is 0.0978. The van der Waals surface area contributed by atoms with Gasteiger partial charge >= 0.3 is 0 Å². The molecule has 0 aliphatic carbocycles. The molecule has 1 aromatic rings. The van der Waals surface area contributed by atoms with E-state index < -0.39 is 0 Å². The van der Waals surface area contributed by atoms with Crippen LogP contribution in [0, 0.1) is 5.92 Å². The van der Waals surface area contributed by atoms with Crippen molar-refractivity contribution in [3.63, 3.8) is 0 Å². The highest BCUT2D eigenvalue weighted by Crippen LogP contribution is 2.17. The second kappa shape index (κ2) is 7.71. The molecule has 1 atom stereocenters. The first kappa shape index (κ1) is 15.4. The topological polar surface area (TPSA) is 66.2 Å². The molecule has 2 rings (SSSR count). The average Bonchev–Trinajstić information content (AvgIpc) is 3.06. The minimum Gasteiger partial charge on any atom is -0.394 e. The molecular formula is C14H27N5O. The SMILES string of the molecule is CC(C)C(CNCc1cn(CCO)nn1)N1CCCC1. The zero-order valence-electron chi connectivity index (χ0n) is 12.6. The lowest BCUT2D eigenvalue weighted by Crippen LogP contribution is -2.44. The van der Waals surface area contributed by atoms with E-state index in [0.29, 0.717) is 18.5 Å². The first-order chi connectivity index (χ1) is 9.70. The quantitative estimate of drug-likeness (QED) is 0.725. The zero-order chi connectivity index (χ0) is 14.4. The monoisotopic (exact) mass is 281 g/mol. The van der Waals surface area contributed by atoms with E-state index in [1.807, 2.05) is 6.20 Å². The summed E-state index contributed by atoms with van der Waals surface area (Å²) in [5, 5.41) is 20.4. The van der Waals surface area contributed by atoms with Crippen LogP contribution in [0.5, 0.6) is 0 Å². The number of nitrogens with zero attached hydrogens (tertiary/aromatic N) is 4. The van der Waals surface area contributed by atoms with Crippen LogP contribution < -0.4 is 5.32 Å². The summed E-state index contributed by atoms with van der Waals surface area (Å²) in [4.78, 5) is 2.60. The molecule has 0 saturated carbocycles. The molecule has 1 aromatic heterocycles. The number of hydrogen-bond donors (Lipinski definition) is 2. The lowest BCUT2D eigenvalue weighted by Gasteiger charge is -2.31.